The minimum absolute atomic E-state index is 0.267. The van der Waals surface area contributed by atoms with Crippen molar-refractivity contribution in [1.29, 1.82) is 0 Å². The smallest absolute Gasteiger partial charge is 0.326 e. The molecule has 0 radical (unpaired) electrons. The Balaban J connectivity index is 5.10. The number of nitrogens with one attached hydrogen (secondary N) is 3. The van der Waals surface area contributed by atoms with Crippen LogP contribution in [-0.2, 0) is 24.0 Å². The van der Waals surface area contributed by atoms with E-state index in [1.807, 2.05) is 0 Å². The lowest BCUT2D eigenvalue weighted by Gasteiger charge is -2.24. The van der Waals surface area contributed by atoms with Crippen molar-refractivity contribution in [3.8, 4) is 0 Å². The molecule has 12 heteroatoms. The molecule has 3 atom stereocenters. The largest absolute Gasteiger partial charge is 0.481 e. The summed E-state index contributed by atoms with van der Waals surface area (Å²) in [6.45, 7) is 1.86. The van der Waals surface area contributed by atoms with Gasteiger partial charge in [-0.05, 0) is 12.3 Å². The van der Waals surface area contributed by atoms with Crippen molar-refractivity contribution in [2.24, 2.45) is 11.7 Å². The molecule has 0 saturated carbocycles. The zero-order valence-electron chi connectivity index (χ0n) is 15.1. The lowest BCUT2D eigenvalue weighted by Crippen LogP contribution is -2.58. The van der Waals surface area contributed by atoms with Crippen LogP contribution in [0.15, 0.2) is 0 Å². The highest BCUT2D eigenvalue weighted by Gasteiger charge is 2.30. The van der Waals surface area contributed by atoms with E-state index in [0.29, 0.717) is 0 Å². The van der Waals surface area contributed by atoms with Gasteiger partial charge in [0.2, 0.25) is 17.7 Å². The van der Waals surface area contributed by atoms with Gasteiger partial charge in [-0.2, -0.15) is 0 Å². The van der Waals surface area contributed by atoms with Crippen molar-refractivity contribution < 1.29 is 39.3 Å². The highest BCUT2D eigenvalue weighted by molar-refractivity contribution is 5.93. The predicted octanol–water partition coefficient (Wildman–Crippen LogP) is -3.00. The van der Waals surface area contributed by atoms with Crippen LogP contribution in [0.4, 0.5) is 0 Å². The second-order valence-electron chi connectivity index (χ2n) is 6.07. The summed E-state index contributed by atoms with van der Waals surface area (Å²) in [5, 5.41) is 33.7. The molecule has 12 nitrogen and oxygen atoms in total. The fraction of sp³-hybridized carbons (Fsp3) is 0.667. The van der Waals surface area contributed by atoms with E-state index in [-0.39, 0.29) is 6.42 Å². The molecule has 0 heterocycles. The van der Waals surface area contributed by atoms with E-state index < -0.39 is 73.3 Å². The first-order valence-corrected chi connectivity index (χ1v) is 8.19. The van der Waals surface area contributed by atoms with Crippen molar-refractivity contribution in [2.45, 2.75) is 44.8 Å². The molecular formula is C15H26N4O8. The molecule has 0 aliphatic carbocycles. The maximum atomic E-state index is 12.3. The number of amides is 3. The molecule has 0 aliphatic rings. The quantitative estimate of drug-likeness (QED) is 0.181. The molecule has 0 saturated heterocycles. The fourth-order valence-corrected chi connectivity index (χ4v) is 2.02. The van der Waals surface area contributed by atoms with E-state index in [2.05, 4.69) is 16.0 Å². The van der Waals surface area contributed by atoms with Crippen LogP contribution < -0.4 is 21.7 Å². The van der Waals surface area contributed by atoms with Crippen LogP contribution in [0.5, 0.6) is 0 Å². The summed E-state index contributed by atoms with van der Waals surface area (Å²) in [5.41, 5.74) is 5.14. The number of carboxylic acid groups (broad SMARTS) is 2. The van der Waals surface area contributed by atoms with Gasteiger partial charge in [0, 0.05) is 6.42 Å². The number of rotatable bonds is 12. The van der Waals surface area contributed by atoms with E-state index in [1.165, 1.54) is 0 Å². The molecular weight excluding hydrogens is 364 g/mol. The van der Waals surface area contributed by atoms with E-state index in [4.69, 9.17) is 15.9 Å². The molecule has 8 N–H and O–H groups in total. The van der Waals surface area contributed by atoms with Gasteiger partial charge in [-0.25, -0.2) is 4.79 Å². The van der Waals surface area contributed by atoms with Crippen LogP contribution in [0, 0.1) is 5.92 Å². The summed E-state index contributed by atoms with van der Waals surface area (Å²) in [4.78, 5) is 57.6. The van der Waals surface area contributed by atoms with Crippen molar-refractivity contribution in [1.82, 2.24) is 16.0 Å². The molecule has 154 valence electrons. The Morgan fingerprint density at radius 1 is 0.926 bits per heavy atom. The number of hydrogen-bond acceptors (Lipinski definition) is 7. The SMILES string of the molecule is CC(C)C(NC(=O)C(CO)NC(=O)C(CCC(=O)O)NC(=O)CN)C(=O)O. The van der Waals surface area contributed by atoms with Gasteiger partial charge < -0.3 is 37.0 Å². The number of carboxylic acids is 2. The van der Waals surface area contributed by atoms with E-state index >= 15 is 0 Å². The Morgan fingerprint density at radius 2 is 1.48 bits per heavy atom. The highest BCUT2D eigenvalue weighted by Crippen LogP contribution is 2.03. The molecule has 0 aliphatic heterocycles. The average Bonchev–Trinajstić information content (AvgIpc) is 2.59. The van der Waals surface area contributed by atoms with Crippen LogP contribution in [0.3, 0.4) is 0 Å². The van der Waals surface area contributed by atoms with Gasteiger partial charge in [0.15, 0.2) is 0 Å². The molecule has 0 aromatic heterocycles. The Morgan fingerprint density at radius 3 is 1.89 bits per heavy atom. The standard InChI is InChI=1S/C15H26N4O8/c1-7(2)12(15(26)27)19-14(25)9(6-20)18-13(24)8(3-4-11(22)23)17-10(21)5-16/h7-9,12,20H,3-6,16H2,1-2H3,(H,17,21)(H,18,24)(H,19,25)(H,22,23)(H,26,27). The lowest BCUT2D eigenvalue weighted by atomic mass is 10.0. The van der Waals surface area contributed by atoms with Gasteiger partial charge in [-0.3, -0.25) is 19.2 Å². The third-order valence-electron chi connectivity index (χ3n) is 3.53. The summed E-state index contributed by atoms with van der Waals surface area (Å²) in [6.07, 6.45) is -0.705. The van der Waals surface area contributed by atoms with Gasteiger partial charge >= 0.3 is 11.9 Å². The van der Waals surface area contributed by atoms with Crippen LogP contribution in [-0.4, -0.2) is 76.3 Å². The van der Waals surface area contributed by atoms with Crippen LogP contribution in [0.25, 0.3) is 0 Å². The summed E-state index contributed by atoms with van der Waals surface area (Å²) < 4.78 is 0. The summed E-state index contributed by atoms with van der Waals surface area (Å²) in [5.74, 6) is -5.49. The Bertz CT molecular complexity index is 566. The Labute approximate surface area is 155 Å². The number of hydrogen-bond donors (Lipinski definition) is 7. The fourth-order valence-electron chi connectivity index (χ4n) is 2.02. The third kappa shape index (κ3) is 8.96. The molecule has 0 aromatic rings. The molecule has 3 unspecified atom stereocenters. The number of aliphatic hydroxyl groups is 1. The maximum absolute atomic E-state index is 12.3. The zero-order chi connectivity index (χ0) is 21.1. The number of aliphatic hydroxyl groups excluding tert-OH is 1. The normalized spacial score (nSPS) is 14.0. The number of carbonyl (C=O) groups excluding carboxylic acids is 3. The van der Waals surface area contributed by atoms with Crippen LogP contribution in [0.2, 0.25) is 0 Å². The Hall–Kier alpha value is -2.73. The molecule has 3 amide bonds. The molecule has 0 aromatic carbocycles. The van der Waals surface area contributed by atoms with Gasteiger partial charge in [0.1, 0.15) is 18.1 Å². The number of carbonyl (C=O) groups is 5. The minimum Gasteiger partial charge on any atom is -0.481 e. The molecule has 0 rings (SSSR count). The highest BCUT2D eigenvalue weighted by atomic mass is 16.4. The summed E-state index contributed by atoms with van der Waals surface area (Å²) >= 11 is 0. The van der Waals surface area contributed by atoms with Gasteiger partial charge in [0.25, 0.3) is 0 Å². The predicted molar refractivity (Wildman–Crippen MR) is 91.3 cm³/mol. The molecule has 0 fully saturated rings. The minimum atomic E-state index is -1.49. The van der Waals surface area contributed by atoms with Gasteiger partial charge in [-0.1, -0.05) is 13.8 Å². The van der Waals surface area contributed by atoms with Gasteiger partial charge in [0.05, 0.1) is 13.2 Å². The van der Waals surface area contributed by atoms with Gasteiger partial charge in [-0.15, -0.1) is 0 Å². The van der Waals surface area contributed by atoms with Crippen LogP contribution >= 0.6 is 0 Å². The topological polar surface area (TPSA) is 208 Å². The average molecular weight is 390 g/mol. The van der Waals surface area contributed by atoms with E-state index in [9.17, 15) is 29.1 Å². The zero-order valence-corrected chi connectivity index (χ0v) is 15.1. The van der Waals surface area contributed by atoms with Crippen molar-refractivity contribution in [3.05, 3.63) is 0 Å². The van der Waals surface area contributed by atoms with E-state index in [0.717, 1.165) is 0 Å². The molecule has 0 bridgehead atoms. The second kappa shape index (κ2) is 11.8. The Kier molecular flexibility index (Phi) is 10.6. The molecule has 27 heavy (non-hydrogen) atoms. The summed E-state index contributed by atoms with van der Waals surface area (Å²) in [7, 11) is 0. The second-order valence-corrected chi connectivity index (χ2v) is 6.07. The lowest BCUT2D eigenvalue weighted by molar-refractivity contribution is -0.143. The van der Waals surface area contributed by atoms with Crippen molar-refractivity contribution >= 4 is 29.7 Å². The maximum Gasteiger partial charge on any atom is 0.326 e. The molecule has 0 spiro atoms. The summed E-state index contributed by atoms with van der Waals surface area (Å²) in [6, 6.07) is -4.01. The first kappa shape index (κ1) is 24.3. The monoisotopic (exact) mass is 390 g/mol. The van der Waals surface area contributed by atoms with Crippen molar-refractivity contribution in [2.75, 3.05) is 13.2 Å². The number of aliphatic carboxylic acids is 2. The van der Waals surface area contributed by atoms with E-state index in [1.54, 1.807) is 13.8 Å². The van der Waals surface area contributed by atoms with Crippen LogP contribution in [0.1, 0.15) is 26.7 Å². The third-order valence-corrected chi connectivity index (χ3v) is 3.53. The first-order valence-electron chi connectivity index (χ1n) is 8.19. The first-order chi connectivity index (χ1) is 12.5. The number of nitrogens with two attached hydrogens (primary N) is 1. The van der Waals surface area contributed by atoms with Crippen molar-refractivity contribution in [3.63, 3.8) is 0 Å².